The van der Waals surface area contributed by atoms with Crippen molar-refractivity contribution in [3.05, 3.63) is 35.1 Å². The Morgan fingerprint density at radius 2 is 1.83 bits per heavy atom. The standard InChI is InChI=1S/C15H25FN2/c1-6-15(7-2,18(4)5)14(17)13-10-12(16)9-8-11(13)3/h8-10,14H,6-7,17H2,1-5H3. The molecule has 0 fully saturated rings. The van der Waals surface area contributed by atoms with Crippen LogP contribution in [0.15, 0.2) is 18.2 Å². The minimum atomic E-state index is -0.217. The molecule has 2 nitrogen and oxygen atoms in total. The third-order valence-corrected chi connectivity index (χ3v) is 4.27. The molecule has 0 aliphatic rings. The van der Waals surface area contributed by atoms with E-state index >= 15 is 0 Å². The van der Waals surface area contributed by atoms with Gasteiger partial charge in [0.25, 0.3) is 0 Å². The predicted molar refractivity (Wildman–Crippen MR) is 75.1 cm³/mol. The van der Waals surface area contributed by atoms with E-state index in [9.17, 15) is 4.39 Å². The highest BCUT2D eigenvalue weighted by Gasteiger charge is 2.37. The van der Waals surface area contributed by atoms with E-state index in [1.165, 1.54) is 6.07 Å². The Morgan fingerprint density at radius 3 is 2.28 bits per heavy atom. The summed E-state index contributed by atoms with van der Waals surface area (Å²) in [6.07, 6.45) is 1.88. The Balaban J connectivity index is 3.25. The zero-order valence-corrected chi connectivity index (χ0v) is 12.1. The monoisotopic (exact) mass is 252 g/mol. The van der Waals surface area contributed by atoms with Crippen molar-refractivity contribution in [1.29, 1.82) is 0 Å². The minimum Gasteiger partial charge on any atom is -0.322 e. The average Bonchev–Trinajstić information content (AvgIpc) is 2.34. The predicted octanol–water partition coefficient (Wildman–Crippen LogP) is 3.25. The van der Waals surface area contributed by atoms with E-state index in [1.807, 2.05) is 21.0 Å². The molecule has 102 valence electrons. The van der Waals surface area contributed by atoms with Gasteiger partial charge in [0.1, 0.15) is 5.82 Å². The van der Waals surface area contributed by atoms with E-state index in [2.05, 4.69) is 18.7 Å². The molecule has 0 saturated carbocycles. The zero-order valence-electron chi connectivity index (χ0n) is 12.1. The summed E-state index contributed by atoms with van der Waals surface area (Å²) in [6.45, 7) is 6.26. The van der Waals surface area contributed by atoms with Crippen LogP contribution in [-0.2, 0) is 0 Å². The van der Waals surface area contributed by atoms with Crippen LogP contribution >= 0.6 is 0 Å². The maximum Gasteiger partial charge on any atom is 0.123 e. The van der Waals surface area contributed by atoms with E-state index in [0.717, 1.165) is 24.0 Å². The first kappa shape index (κ1) is 15.1. The Hall–Kier alpha value is -0.930. The molecule has 0 aliphatic heterocycles. The van der Waals surface area contributed by atoms with E-state index in [1.54, 1.807) is 12.1 Å². The van der Waals surface area contributed by atoms with Gasteiger partial charge in [-0.15, -0.1) is 0 Å². The highest BCUT2D eigenvalue weighted by molar-refractivity contribution is 5.32. The topological polar surface area (TPSA) is 29.3 Å². The first-order chi connectivity index (χ1) is 8.39. The van der Waals surface area contributed by atoms with Gasteiger partial charge >= 0.3 is 0 Å². The highest BCUT2D eigenvalue weighted by Crippen LogP contribution is 2.35. The third kappa shape index (κ3) is 2.57. The Morgan fingerprint density at radius 1 is 1.28 bits per heavy atom. The summed E-state index contributed by atoms with van der Waals surface area (Å²) < 4.78 is 13.4. The number of aryl methyl sites for hydroxylation is 1. The van der Waals surface area contributed by atoms with Crippen LogP contribution in [0.4, 0.5) is 4.39 Å². The van der Waals surface area contributed by atoms with Gasteiger partial charge in [-0.2, -0.15) is 0 Å². The second-order valence-corrected chi connectivity index (χ2v) is 5.18. The Kier molecular flexibility index (Phi) is 4.88. The lowest BCUT2D eigenvalue weighted by Crippen LogP contribution is -2.51. The molecule has 0 bridgehead atoms. The molecule has 1 aromatic carbocycles. The van der Waals surface area contributed by atoms with Crippen molar-refractivity contribution in [2.75, 3.05) is 14.1 Å². The number of hydrogen-bond donors (Lipinski definition) is 1. The van der Waals surface area contributed by atoms with Gasteiger partial charge in [0.15, 0.2) is 0 Å². The molecule has 3 heteroatoms. The second-order valence-electron chi connectivity index (χ2n) is 5.18. The van der Waals surface area contributed by atoms with Crippen molar-refractivity contribution < 1.29 is 4.39 Å². The van der Waals surface area contributed by atoms with E-state index < -0.39 is 0 Å². The number of nitrogens with two attached hydrogens (primary N) is 1. The molecular formula is C15H25FN2. The number of nitrogens with zero attached hydrogens (tertiary/aromatic N) is 1. The van der Waals surface area contributed by atoms with Crippen LogP contribution in [-0.4, -0.2) is 24.5 Å². The normalized spacial score (nSPS) is 14.0. The summed E-state index contributed by atoms with van der Waals surface area (Å²) in [6, 6.07) is 4.68. The molecule has 0 aliphatic carbocycles. The van der Waals surface area contributed by atoms with Crippen molar-refractivity contribution in [2.45, 2.75) is 45.2 Å². The van der Waals surface area contributed by atoms with Crippen LogP contribution in [0, 0.1) is 12.7 Å². The second kappa shape index (κ2) is 5.81. The molecule has 0 amide bonds. The maximum absolute atomic E-state index is 13.4. The molecule has 18 heavy (non-hydrogen) atoms. The summed E-state index contributed by atoms with van der Waals surface area (Å²) in [7, 11) is 4.09. The van der Waals surface area contributed by atoms with Crippen LogP contribution in [0.2, 0.25) is 0 Å². The van der Waals surface area contributed by atoms with Gasteiger partial charge in [-0.05, 0) is 57.1 Å². The Labute approximate surface area is 110 Å². The number of rotatable bonds is 5. The van der Waals surface area contributed by atoms with Crippen LogP contribution in [0.1, 0.15) is 43.9 Å². The largest absolute Gasteiger partial charge is 0.322 e. The molecule has 1 rings (SSSR count). The van der Waals surface area contributed by atoms with Gasteiger partial charge in [-0.25, -0.2) is 4.39 Å². The fourth-order valence-electron chi connectivity index (χ4n) is 2.84. The first-order valence-corrected chi connectivity index (χ1v) is 6.58. The molecule has 0 spiro atoms. The van der Waals surface area contributed by atoms with E-state index in [4.69, 9.17) is 5.73 Å². The summed E-state index contributed by atoms with van der Waals surface area (Å²) in [4.78, 5) is 2.17. The highest BCUT2D eigenvalue weighted by atomic mass is 19.1. The van der Waals surface area contributed by atoms with Crippen LogP contribution in [0.5, 0.6) is 0 Å². The van der Waals surface area contributed by atoms with Crippen LogP contribution in [0.3, 0.4) is 0 Å². The molecule has 1 atom stereocenters. The quantitative estimate of drug-likeness (QED) is 0.871. The van der Waals surface area contributed by atoms with Crippen LogP contribution < -0.4 is 5.73 Å². The lowest BCUT2D eigenvalue weighted by atomic mass is 9.79. The summed E-state index contributed by atoms with van der Waals surface area (Å²) in [5.41, 5.74) is 8.29. The van der Waals surface area contributed by atoms with Crippen molar-refractivity contribution in [1.82, 2.24) is 4.90 Å². The fraction of sp³-hybridized carbons (Fsp3) is 0.600. The van der Waals surface area contributed by atoms with Crippen molar-refractivity contribution in [2.24, 2.45) is 5.73 Å². The van der Waals surface area contributed by atoms with E-state index in [-0.39, 0.29) is 17.4 Å². The third-order valence-electron chi connectivity index (χ3n) is 4.27. The average molecular weight is 252 g/mol. The first-order valence-electron chi connectivity index (χ1n) is 6.58. The van der Waals surface area contributed by atoms with Gasteiger partial charge < -0.3 is 10.6 Å². The number of halogens is 1. The summed E-state index contributed by atoms with van der Waals surface area (Å²) in [5.74, 6) is -0.217. The number of likely N-dealkylation sites (N-methyl/N-ethyl adjacent to an activating group) is 1. The zero-order chi connectivity index (χ0) is 13.9. The van der Waals surface area contributed by atoms with Gasteiger partial charge in [-0.1, -0.05) is 19.9 Å². The molecule has 0 radical (unpaired) electrons. The molecule has 0 saturated heterocycles. The lowest BCUT2D eigenvalue weighted by molar-refractivity contribution is 0.105. The smallest absolute Gasteiger partial charge is 0.123 e. The fourth-order valence-corrected chi connectivity index (χ4v) is 2.84. The van der Waals surface area contributed by atoms with Crippen molar-refractivity contribution >= 4 is 0 Å². The van der Waals surface area contributed by atoms with Gasteiger partial charge in [0.2, 0.25) is 0 Å². The summed E-state index contributed by atoms with van der Waals surface area (Å²) >= 11 is 0. The minimum absolute atomic E-state index is 0.126. The molecule has 2 N–H and O–H groups in total. The molecule has 1 aromatic rings. The van der Waals surface area contributed by atoms with Crippen LogP contribution in [0.25, 0.3) is 0 Å². The molecular weight excluding hydrogens is 227 g/mol. The number of hydrogen-bond acceptors (Lipinski definition) is 2. The molecule has 0 aromatic heterocycles. The van der Waals surface area contributed by atoms with Gasteiger partial charge in [-0.3, -0.25) is 0 Å². The SMILES string of the molecule is CCC(CC)(C(N)c1cc(F)ccc1C)N(C)C. The summed E-state index contributed by atoms with van der Waals surface area (Å²) in [5, 5.41) is 0. The van der Waals surface area contributed by atoms with Crippen molar-refractivity contribution in [3.63, 3.8) is 0 Å². The van der Waals surface area contributed by atoms with Gasteiger partial charge in [0.05, 0.1) is 0 Å². The maximum atomic E-state index is 13.4. The molecule has 1 unspecified atom stereocenters. The van der Waals surface area contributed by atoms with Gasteiger partial charge in [0, 0.05) is 11.6 Å². The Bertz CT molecular complexity index is 397. The number of benzene rings is 1. The lowest BCUT2D eigenvalue weighted by Gasteiger charge is -2.44. The van der Waals surface area contributed by atoms with E-state index in [0.29, 0.717) is 0 Å². The molecule has 0 heterocycles. The van der Waals surface area contributed by atoms with Crippen molar-refractivity contribution in [3.8, 4) is 0 Å².